The molecule has 0 aliphatic heterocycles. The third-order valence-corrected chi connectivity index (χ3v) is 3.75. The first kappa shape index (κ1) is 17.0. The van der Waals surface area contributed by atoms with E-state index in [0.717, 1.165) is 5.56 Å². The fourth-order valence-electron chi connectivity index (χ4n) is 2.01. The van der Waals surface area contributed by atoms with Crippen molar-refractivity contribution in [2.45, 2.75) is 6.92 Å². The van der Waals surface area contributed by atoms with Crippen LogP contribution in [0.3, 0.4) is 0 Å². The Hall–Kier alpha value is -2.34. The Morgan fingerprint density at radius 2 is 1.83 bits per heavy atom. The fourth-order valence-corrected chi connectivity index (χ4v) is 2.37. The van der Waals surface area contributed by atoms with Gasteiger partial charge in [-0.15, -0.1) is 0 Å². The maximum atomic E-state index is 12.3. The molecule has 0 heterocycles. The number of aromatic hydroxyl groups is 1. The average Bonchev–Trinajstić information content (AvgIpc) is 2.51. The zero-order valence-corrected chi connectivity index (χ0v) is 14.4. The lowest BCUT2D eigenvalue weighted by Crippen LogP contribution is -2.35. The highest BCUT2D eigenvalue weighted by molar-refractivity contribution is 9.10. The zero-order valence-electron chi connectivity index (χ0n) is 12.8. The summed E-state index contributed by atoms with van der Waals surface area (Å²) in [6, 6.07) is 12.0. The molecule has 5 nitrogen and oxygen atoms in total. The van der Waals surface area contributed by atoms with Crippen molar-refractivity contribution in [1.82, 2.24) is 4.90 Å². The van der Waals surface area contributed by atoms with E-state index in [1.54, 1.807) is 18.2 Å². The number of carbonyl (C=O) groups excluding carboxylic acids is 2. The SMILES string of the molecule is Cc1ccc(NC(=O)CN(C)C(=O)c2cc(Br)ccc2O)cc1. The summed E-state index contributed by atoms with van der Waals surface area (Å²) in [5.41, 5.74) is 1.91. The number of nitrogens with zero attached hydrogens (tertiary/aromatic N) is 1. The van der Waals surface area contributed by atoms with Crippen molar-refractivity contribution in [2.75, 3.05) is 18.9 Å². The molecule has 0 aliphatic rings. The summed E-state index contributed by atoms with van der Waals surface area (Å²) in [4.78, 5) is 25.6. The smallest absolute Gasteiger partial charge is 0.257 e. The second-order valence-electron chi connectivity index (χ2n) is 5.24. The van der Waals surface area contributed by atoms with E-state index in [0.29, 0.717) is 10.2 Å². The van der Waals surface area contributed by atoms with Crippen molar-refractivity contribution in [3.63, 3.8) is 0 Å². The van der Waals surface area contributed by atoms with Crippen molar-refractivity contribution in [2.24, 2.45) is 0 Å². The molecule has 23 heavy (non-hydrogen) atoms. The molecule has 0 radical (unpaired) electrons. The van der Waals surface area contributed by atoms with Gasteiger partial charge in [-0.2, -0.15) is 0 Å². The van der Waals surface area contributed by atoms with Crippen LogP contribution in [0.1, 0.15) is 15.9 Å². The summed E-state index contributed by atoms with van der Waals surface area (Å²) in [5.74, 6) is -0.856. The zero-order chi connectivity index (χ0) is 17.0. The van der Waals surface area contributed by atoms with Gasteiger partial charge in [0.2, 0.25) is 5.91 Å². The van der Waals surface area contributed by atoms with Crippen LogP contribution < -0.4 is 5.32 Å². The summed E-state index contributed by atoms with van der Waals surface area (Å²) in [6.07, 6.45) is 0. The van der Waals surface area contributed by atoms with Gasteiger partial charge in [-0.05, 0) is 37.3 Å². The number of halogens is 1. The van der Waals surface area contributed by atoms with E-state index in [2.05, 4.69) is 21.2 Å². The van der Waals surface area contributed by atoms with Crippen molar-refractivity contribution in [3.8, 4) is 5.75 Å². The summed E-state index contributed by atoms with van der Waals surface area (Å²) in [6.45, 7) is 1.85. The van der Waals surface area contributed by atoms with Crippen LogP contribution in [-0.4, -0.2) is 35.4 Å². The van der Waals surface area contributed by atoms with E-state index in [4.69, 9.17) is 0 Å². The number of rotatable bonds is 4. The average molecular weight is 377 g/mol. The van der Waals surface area contributed by atoms with Gasteiger partial charge in [-0.1, -0.05) is 33.6 Å². The lowest BCUT2D eigenvalue weighted by atomic mass is 10.2. The monoisotopic (exact) mass is 376 g/mol. The Morgan fingerprint density at radius 1 is 1.17 bits per heavy atom. The Bertz CT molecular complexity index is 729. The normalized spacial score (nSPS) is 10.2. The van der Waals surface area contributed by atoms with Crippen LogP contribution in [0.4, 0.5) is 5.69 Å². The van der Waals surface area contributed by atoms with Crippen LogP contribution >= 0.6 is 15.9 Å². The first-order chi connectivity index (χ1) is 10.9. The predicted octanol–water partition coefficient (Wildman–Crippen LogP) is 3.17. The maximum Gasteiger partial charge on any atom is 0.257 e. The summed E-state index contributed by atoms with van der Waals surface area (Å²) < 4.78 is 0.677. The molecule has 0 saturated carbocycles. The first-order valence-corrected chi connectivity index (χ1v) is 7.76. The van der Waals surface area contributed by atoms with Crippen LogP contribution in [-0.2, 0) is 4.79 Å². The molecule has 120 valence electrons. The van der Waals surface area contributed by atoms with Crippen molar-refractivity contribution in [3.05, 3.63) is 58.1 Å². The van der Waals surface area contributed by atoms with Gasteiger partial charge in [-0.3, -0.25) is 9.59 Å². The van der Waals surface area contributed by atoms with Crippen LogP contribution in [0.15, 0.2) is 46.9 Å². The molecule has 0 atom stereocenters. The van der Waals surface area contributed by atoms with Gasteiger partial charge in [0, 0.05) is 17.2 Å². The molecule has 0 aromatic heterocycles. The van der Waals surface area contributed by atoms with Gasteiger partial charge in [0.05, 0.1) is 12.1 Å². The van der Waals surface area contributed by atoms with E-state index in [-0.39, 0.29) is 23.8 Å². The first-order valence-electron chi connectivity index (χ1n) is 6.97. The minimum atomic E-state index is -0.428. The Morgan fingerprint density at radius 3 is 2.48 bits per heavy atom. The maximum absolute atomic E-state index is 12.3. The lowest BCUT2D eigenvalue weighted by molar-refractivity contribution is -0.116. The number of hydrogen-bond donors (Lipinski definition) is 2. The Labute approximate surface area is 143 Å². The number of anilines is 1. The van der Waals surface area contributed by atoms with Crippen LogP contribution in [0.2, 0.25) is 0 Å². The number of phenolic OH excluding ortho intramolecular Hbond substituents is 1. The van der Waals surface area contributed by atoms with Gasteiger partial charge in [0.15, 0.2) is 0 Å². The van der Waals surface area contributed by atoms with E-state index in [9.17, 15) is 14.7 Å². The largest absolute Gasteiger partial charge is 0.507 e. The molecule has 2 amide bonds. The molecule has 0 fully saturated rings. The summed E-state index contributed by atoms with van der Waals surface area (Å²) in [5, 5.41) is 12.5. The molecule has 0 spiro atoms. The number of carbonyl (C=O) groups is 2. The van der Waals surface area contributed by atoms with Gasteiger partial charge in [0.25, 0.3) is 5.91 Å². The van der Waals surface area contributed by atoms with Gasteiger partial charge in [-0.25, -0.2) is 0 Å². The molecular weight excluding hydrogens is 360 g/mol. The predicted molar refractivity (Wildman–Crippen MR) is 92.6 cm³/mol. The quantitative estimate of drug-likeness (QED) is 0.860. The number of benzene rings is 2. The minimum absolute atomic E-state index is 0.112. The second-order valence-corrected chi connectivity index (χ2v) is 6.15. The molecule has 0 saturated heterocycles. The third-order valence-electron chi connectivity index (χ3n) is 3.25. The highest BCUT2D eigenvalue weighted by Crippen LogP contribution is 2.23. The van der Waals surface area contributed by atoms with Gasteiger partial charge < -0.3 is 15.3 Å². The Balaban J connectivity index is 2.01. The van der Waals surface area contributed by atoms with Crippen LogP contribution in [0.5, 0.6) is 5.75 Å². The van der Waals surface area contributed by atoms with E-state index >= 15 is 0 Å². The summed E-state index contributed by atoms with van der Waals surface area (Å²) >= 11 is 3.25. The third kappa shape index (κ3) is 4.56. The second kappa shape index (κ2) is 7.28. The molecule has 0 aliphatic carbocycles. The standard InChI is InChI=1S/C17H17BrN2O3/c1-11-3-6-13(7-4-11)19-16(22)10-20(2)17(23)14-9-12(18)5-8-15(14)21/h3-9,21H,10H2,1-2H3,(H,19,22). The van der Waals surface area contributed by atoms with Crippen molar-refractivity contribution < 1.29 is 14.7 Å². The van der Waals surface area contributed by atoms with Crippen LogP contribution in [0.25, 0.3) is 0 Å². The molecule has 0 bridgehead atoms. The fraction of sp³-hybridized carbons (Fsp3) is 0.176. The molecule has 0 unspecified atom stereocenters. The number of phenols is 1. The molecular formula is C17H17BrN2O3. The highest BCUT2D eigenvalue weighted by atomic mass is 79.9. The highest BCUT2D eigenvalue weighted by Gasteiger charge is 2.18. The van der Waals surface area contributed by atoms with E-state index < -0.39 is 5.91 Å². The number of amides is 2. The number of aryl methyl sites for hydroxylation is 1. The molecule has 2 rings (SSSR count). The van der Waals surface area contributed by atoms with Crippen LogP contribution in [0, 0.1) is 6.92 Å². The topological polar surface area (TPSA) is 69.6 Å². The molecule has 2 aromatic carbocycles. The minimum Gasteiger partial charge on any atom is -0.507 e. The van der Waals surface area contributed by atoms with E-state index in [1.165, 1.54) is 24.1 Å². The number of likely N-dealkylation sites (N-methyl/N-ethyl adjacent to an activating group) is 1. The Kier molecular flexibility index (Phi) is 5.39. The molecule has 2 aromatic rings. The van der Waals surface area contributed by atoms with Gasteiger partial charge in [0.1, 0.15) is 5.75 Å². The molecule has 6 heteroatoms. The van der Waals surface area contributed by atoms with Crippen molar-refractivity contribution in [1.29, 1.82) is 0 Å². The molecule has 2 N–H and O–H groups in total. The number of nitrogens with one attached hydrogen (secondary N) is 1. The number of hydrogen-bond acceptors (Lipinski definition) is 3. The lowest BCUT2D eigenvalue weighted by Gasteiger charge is -2.17. The van der Waals surface area contributed by atoms with Crippen molar-refractivity contribution >= 4 is 33.4 Å². The van der Waals surface area contributed by atoms with E-state index in [1.807, 2.05) is 19.1 Å². The van der Waals surface area contributed by atoms with Gasteiger partial charge >= 0.3 is 0 Å². The summed E-state index contributed by atoms with van der Waals surface area (Å²) in [7, 11) is 1.51.